The van der Waals surface area contributed by atoms with Gasteiger partial charge in [0.1, 0.15) is 6.10 Å². The Hall–Kier alpha value is -2.61. The quantitative estimate of drug-likeness (QED) is 0.272. The van der Waals surface area contributed by atoms with Gasteiger partial charge in [0.15, 0.2) is 0 Å². The lowest BCUT2D eigenvalue weighted by molar-refractivity contribution is -0.156. The minimum absolute atomic E-state index is 0.0129. The van der Waals surface area contributed by atoms with Gasteiger partial charge in [0.05, 0.1) is 5.92 Å². The van der Waals surface area contributed by atoms with E-state index in [1.807, 2.05) is 6.92 Å². The number of hydrogen-bond acceptors (Lipinski definition) is 2. The lowest BCUT2D eigenvalue weighted by atomic mass is 9.76. The second kappa shape index (κ2) is 6.44. The molecule has 2 aliphatic rings. The fourth-order valence-corrected chi connectivity index (χ4v) is 6.66. The molecule has 6 rings (SSSR count). The van der Waals surface area contributed by atoms with Crippen LogP contribution in [0.1, 0.15) is 45.3 Å². The number of fused-ring (bicyclic) bond motifs is 2. The molecule has 4 aromatic rings. The first-order chi connectivity index (χ1) is 14.5. The zero-order chi connectivity index (χ0) is 20.6. The molecule has 4 aromatic carbocycles. The van der Waals surface area contributed by atoms with Gasteiger partial charge < -0.3 is 4.74 Å². The van der Waals surface area contributed by atoms with E-state index in [2.05, 4.69) is 68.4 Å². The van der Waals surface area contributed by atoms with Gasteiger partial charge in [-0.3, -0.25) is 4.79 Å². The lowest BCUT2D eigenvalue weighted by Crippen LogP contribution is -2.31. The Morgan fingerprint density at radius 3 is 2.33 bits per heavy atom. The van der Waals surface area contributed by atoms with E-state index < -0.39 is 0 Å². The van der Waals surface area contributed by atoms with Crippen molar-refractivity contribution in [1.29, 1.82) is 0 Å². The minimum atomic E-state index is -0.251. The highest BCUT2D eigenvalue weighted by atomic mass is 16.5. The van der Waals surface area contributed by atoms with Crippen molar-refractivity contribution in [3.8, 4) is 0 Å². The van der Waals surface area contributed by atoms with E-state index >= 15 is 0 Å². The van der Waals surface area contributed by atoms with Crippen molar-refractivity contribution < 1.29 is 9.53 Å². The van der Waals surface area contributed by atoms with Crippen LogP contribution in [0.5, 0.6) is 0 Å². The van der Waals surface area contributed by atoms with E-state index in [-0.39, 0.29) is 18.0 Å². The lowest BCUT2D eigenvalue weighted by Gasteiger charge is -2.31. The molecule has 0 aromatic heterocycles. The fourth-order valence-electron chi connectivity index (χ4n) is 6.66. The van der Waals surface area contributed by atoms with Gasteiger partial charge in [0.25, 0.3) is 0 Å². The van der Waals surface area contributed by atoms with Crippen molar-refractivity contribution in [2.75, 3.05) is 0 Å². The summed E-state index contributed by atoms with van der Waals surface area (Å²) >= 11 is 0. The Kier molecular flexibility index (Phi) is 3.90. The van der Waals surface area contributed by atoms with Crippen LogP contribution in [0.25, 0.3) is 32.3 Å². The van der Waals surface area contributed by atoms with Crippen LogP contribution < -0.4 is 0 Å². The molecule has 6 atom stereocenters. The zero-order valence-corrected chi connectivity index (χ0v) is 17.9. The minimum Gasteiger partial charge on any atom is -0.458 e. The van der Waals surface area contributed by atoms with Gasteiger partial charge in [-0.05, 0) is 81.8 Å². The standard InChI is InChI=1S/C28H28O2/c1-15-16(2)23-13-21(15)14-25(23)28(29)30-17(3)24-12-20-8-4-6-18-10-11-19-7-5-9-22(24)27(19)26(18)20/h4-12,15-17,21,23,25H,13-14H2,1-3H3. The predicted octanol–water partition coefficient (Wildman–Crippen LogP) is 7.12. The number of rotatable bonds is 3. The average molecular weight is 397 g/mol. The maximum absolute atomic E-state index is 13.2. The van der Waals surface area contributed by atoms with Crippen molar-refractivity contribution in [2.45, 2.75) is 39.7 Å². The molecule has 2 bridgehead atoms. The van der Waals surface area contributed by atoms with Gasteiger partial charge in [-0.2, -0.15) is 0 Å². The second-order valence-electron chi connectivity index (χ2n) is 9.81. The third-order valence-electron chi connectivity index (χ3n) is 8.47. The van der Waals surface area contributed by atoms with Crippen LogP contribution in [0.4, 0.5) is 0 Å². The van der Waals surface area contributed by atoms with Crippen LogP contribution in [-0.4, -0.2) is 5.97 Å². The molecule has 0 amide bonds. The highest BCUT2D eigenvalue weighted by Crippen LogP contribution is 2.55. The number of hydrogen-bond donors (Lipinski definition) is 0. The first-order valence-electron chi connectivity index (χ1n) is 11.4. The Morgan fingerprint density at radius 2 is 1.60 bits per heavy atom. The SMILES string of the molecule is CC(OC(=O)C1CC2CC1C(C)C2C)c1cc2cccc3ccc4cccc1c4c32. The monoisotopic (exact) mass is 396 g/mol. The van der Waals surface area contributed by atoms with E-state index in [4.69, 9.17) is 4.74 Å². The fraction of sp³-hybridized carbons (Fsp3) is 0.393. The summed E-state index contributed by atoms with van der Waals surface area (Å²) < 4.78 is 6.14. The molecular weight excluding hydrogens is 368 g/mol. The summed E-state index contributed by atoms with van der Waals surface area (Å²) in [4.78, 5) is 13.2. The maximum atomic E-state index is 13.2. The van der Waals surface area contributed by atoms with Crippen LogP contribution >= 0.6 is 0 Å². The number of carbonyl (C=O) groups is 1. The van der Waals surface area contributed by atoms with Crippen molar-refractivity contribution >= 4 is 38.3 Å². The number of esters is 1. The van der Waals surface area contributed by atoms with Crippen LogP contribution in [0.3, 0.4) is 0 Å². The first kappa shape index (κ1) is 18.2. The van der Waals surface area contributed by atoms with Crippen molar-refractivity contribution in [2.24, 2.45) is 29.6 Å². The molecule has 0 aliphatic heterocycles. The molecule has 30 heavy (non-hydrogen) atoms. The molecule has 0 spiro atoms. The third-order valence-corrected chi connectivity index (χ3v) is 8.47. The third kappa shape index (κ3) is 2.46. The van der Waals surface area contributed by atoms with Crippen LogP contribution in [-0.2, 0) is 9.53 Å². The number of ether oxygens (including phenoxy) is 1. The smallest absolute Gasteiger partial charge is 0.309 e. The topological polar surface area (TPSA) is 26.3 Å². The highest BCUT2D eigenvalue weighted by molar-refractivity contribution is 6.23. The summed E-state index contributed by atoms with van der Waals surface area (Å²) in [5.41, 5.74) is 1.12. The van der Waals surface area contributed by atoms with Gasteiger partial charge >= 0.3 is 5.97 Å². The molecule has 152 valence electrons. The van der Waals surface area contributed by atoms with E-state index in [0.717, 1.165) is 17.9 Å². The Balaban J connectivity index is 1.39. The molecular formula is C28H28O2. The second-order valence-corrected chi connectivity index (χ2v) is 9.81. The molecule has 2 fully saturated rings. The molecule has 2 nitrogen and oxygen atoms in total. The summed E-state index contributed by atoms with van der Waals surface area (Å²) in [6.45, 7) is 6.71. The number of benzene rings is 4. The molecule has 2 saturated carbocycles. The maximum Gasteiger partial charge on any atom is 0.309 e. The van der Waals surface area contributed by atoms with Crippen LogP contribution in [0, 0.1) is 29.6 Å². The molecule has 2 aliphatic carbocycles. The van der Waals surface area contributed by atoms with Gasteiger partial charge in [-0.25, -0.2) is 0 Å². The van der Waals surface area contributed by atoms with E-state index in [1.54, 1.807) is 0 Å². The summed E-state index contributed by atoms with van der Waals surface area (Å²) in [6.07, 6.45) is 1.96. The van der Waals surface area contributed by atoms with Crippen LogP contribution in [0.15, 0.2) is 54.6 Å². The van der Waals surface area contributed by atoms with E-state index in [0.29, 0.717) is 17.8 Å². The summed E-state index contributed by atoms with van der Waals surface area (Å²) in [5, 5.41) is 7.52. The normalized spacial score (nSPS) is 29.2. The number of carbonyl (C=O) groups excluding carboxylic acids is 1. The van der Waals surface area contributed by atoms with Crippen molar-refractivity contribution in [3.63, 3.8) is 0 Å². The van der Waals surface area contributed by atoms with Crippen molar-refractivity contribution in [3.05, 3.63) is 60.2 Å². The molecule has 2 heteroatoms. The van der Waals surface area contributed by atoms with Crippen LogP contribution in [0.2, 0.25) is 0 Å². The molecule has 0 radical (unpaired) electrons. The molecule has 0 saturated heterocycles. The summed E-state index contributed by atoms with van der Waals surface area (Å²) in [5.74, 6) is 2.67. The Morgan fingerprint density at radius 1 is 0.900 bits per heavy atom. The molecule has 0 N–H and O–H groups in total. The van der Waals surface area contributed by atoms with Crippen molar-refractivity contribution in [1.82, 2.24) is 0 Å². The van der Waals surface area contributed by atoms with E-state index in [1.165, 1.54) is 38.7 Å². The summed E-state index contributed by atoms with van der Waals surface area (Å²) in [7, 11) is 0. The zero-order valence-electron chi connectivity index (χ0n) is 17.9. The summed E-state index contributed by atoms with van der Waals surface area (Å²) in [6, 6.07) is 19.5. The van der Waals surface area contributed by atoms with Gasteiger partial charge in [-0.1, -0.05) is 62.4 Å². The average Bonchev–Trinajstić information content (AvgIpc) is 3.31. The van der Waals surface area contributed by atoms with Gasteiger partial charge in [-0.15, -0.1) is 0 Å². The van der Waals surface area contributed by atoms with Gasteiger partial charge in [0.2, 0.25) is 0 Å². The first-order valence-corrected chi connectivity index (χ1v) is 11.4. The molecule has 0 heterocycles. The molecule has 6 unspecified atom stereocenters. The van der Waals surface area contributed by atoms with Gasteiger partial charge in [0, 0.05) is 5.56 Å². The predicted molar refractivity (Wildman–Crippen MR) is 123 cm³/mol. The largest absolute Gasteiger partial charge is 0.458 e. The Labute approximate surface area is 177 Å². The highest BCUT2D eigenvalue weighted by Gasteiger charge is 2.51. The van der Waals surface area contributed by atoms with E-state index in [9.17, 15) is 4.79 Å². The Bertz CT molecular complexity index is 1270.